The zero-order chi connectivity index (χ0) is 24.6. The van der Waals surface area contributed by atoms with Gasteiger partial charge in [-0.25, -0.2) is 9.59 Å². The lowest BCUT2D eigenvalue weighted by atomic mass is 10.0. The van der Waals surface area contributed by atoms with Crippen molar-refractivity contribution in [3.8, 4) is 0 Å². The van der Waals surface area contributed by atoms with Crippen LogP contribution < -0.4 is 21.3 Å². The van der Waals surface area contributed by atoms with Crippen molar-refractivity contribution < 1.29 is 9.59 Å². The van der Waals surface area contributed by atoms with Crippen LogP contribution in [0.1, 0.15) is 11.1 Å². The van der Waals surface area contributed by atoms with Crippen LogP contribution >= 0.6 is 31.9 Å². The summed E-state index contributed by atoms with van der Waals surface area (Å²) in [7, 11) is 0. The minimum absolute atomic E-state index is 0.299. The Labute approximate surface area is 220 Å². The molecule has 0 aliphatic heterocycles. The molecule has 0 aliphatic rings. The van der Waals surface area contributed by atoms with E-state index < -0.39 is 0 Å². The lowest BCUT2D eigenvalue weighted by Gasteiger charge is -2.10. The first-order valence-electron chi connectivity index (χ1n) is 10.8. The lowest BCUT2D eigenvalue weighted by Crippen LogP contribution is -2.19. The fourth-order valence-corrected chi connectivity index (χ4v) is 3.83. The molecule has 0 atom stereocenters. The summed E-state index contributed by atoms with van der Waals surface area (Å²) in [5.74, 6) is 0. The van der Waals surface area contributed by atoms with Crippen molar-refractivity contribution >= 4 is 66.7 Å². The molecule has 0 bridgehead atoms. The van der Waals surface area contributed by atoms with Crippen LogP contribution in [0.4, 0.5) is 32.3 Å². The Morgan fingerprint density at radius 2 is 0.714 bits per heavy atom. The van der Waals surface area contributed by atoms with Crippen LogP contribution in [-0.4, -0.2) is 12.1 Å². The second kappa shape index (κ2) is 11.7. The van der Waals surface area contributed by atoms with Crippen LogP contribution in [0.5, 0.6) is 0 Å². The van der Waals surface area contributed by atoms with Gasteiger partial charge in [0.1, 0.15) is 0 Å². The first-order valence-corrected chi connectivity index (χ1v) is 12.4. The van der Waals surface area contributed by atoms with E-state index in [9.17, 15) is 9.59 Å². The van der Waals surface area contributed by atoms with Gasteiger partial charge in [0.05, 0.1) is 0 Å². The number of urea groups is 2. The zero-order valence-electron chi connectivity index (χ0n) is 18.5. The zero-order valence-corrected chi connectivity index (χ0v) is 21.7. The Balaban J connectivity index is 1.26. The number of halogens is 2. The van der Waals surface area contributed by atoms with Gasteiger partial charge in [0.25, 0.3) is 0 Å². The number of anilines is 4. The number of carbonyl (C=O) groups excluding carboxylic acids is 2. The molecule has 4 rings (SSSR count). The van der Waals surface area contributed by atoms with Crippen molar-refractivity contribution in [2.24, 2.45) is 0 Å². The van der Waals surface area contributed by atoms with E-state index in [0.29, 0.717) is 22.7 Å². The SMILES string of the molecule is O=C(Nc1ccc(Br)cc1)Nc1ccc(Cc2ccc(NC(=O)Nc3ccc(Br)cc3)cc2)cc1. The first-order chi connectivity index (χ1) is 16.9. The summed E-state index contributed by atoms with van der Waals surface area (Å²) < 4.78 is 1.90. The maximum Gasteiger partial charge on any atom is 0.323 e. The standard InChI is InChI=1S/C27H22Br2N4O2/c28-20-5-13-24(14-6-20)32-26(34)30-22-9-1-18(2-10-22)17-19-3-11-23(12-4-19)31-27(35)33-25-15-7-21(29)8-16-25/h1-16H,17H2,(H2,30,32,34)(H2,31,33,35). The number of rotatable bonds is 6. The van der Waals surface area contributed by atoms with Crippen molar-refractivity contribution in [2.45, 2.75) is 6.42 Å². The normalized spacial score (nSPS) is 10.3. The predicted molar refractivity (Wildman–Crippen MR) is 149 cm³/mol. The molecule has 0 fully saturated rings. The van der Waals surface area contributed by atoms with Crippen molar-refractivity contribution in [3.05, 3.63) is 117 Å². The van der Waals surface area contributed by atoms with Gasteiger partial charge >= 0.3 is 12.1 Å². The Morgan fingerprint density at radius 3 is 1.00 bits per heavy atom. The van der Waals surface area contributed by atoms with Gasteiger partial charge in [0.2, 0.25) is 0 Å². The molecule has 6 nitrogen and oxygen atoms in total. The van der Waals surface area contributed by atoms with Gasteiger partial charge in [-0.1, -0.05) is 56.1 Å². The number of benzene rings is 4. The molecule has 0 saturated heterocycles. The summed E-state index contributed by atoms with van der Waals surface area (Å²) in [6, 6.07) is 29.6. The molecule has 0 saturated carbocycles. The summed E-state index contributed by atoms with van der Waals surface area (Å²) in [4.78, 5) is 24.4. The van der Waals surface area contributed by atoms with Crippen LogP contribution in [0.15, 0.2) is 106 Å². The Hall–Kier alpha value is -3.62. The summed E-state index contributed by atoms with van der Waals surface area (Å²) >= 11 is 6.75. The van der Waals surface area contributed by atoms with Crippen LogP contribution in [0, 0.1) is 0 Å². The summed E-state index contributed by atoms with van der Waals surface area (Å²) in [6.07, 6.45) is 0.733. The van der Waals surface area contributed by atoms with Crippen molar-refractivity contribution in [2.75, 3.05) is 21.3 Å². The summed E-state index contributed by atoms with van der Waals surface area (Å²) in [5.41, 5.74) is 5.06. The minimum atomic E-state index is -0.299. The molecule has 4 aromatic rings. The summed E-state index contributed by atoms with van der Waals surface area (Å²) in [6.45, 7) is 0. The molecule has 0 unspecified atom stereocenters. The predicted octanol–water partition coefficient (Wildman–Crippen LogP) is 8.09. The second-order valence-electron chi connectivity index (χ2n) is 7.74. The molecule has 0 spiro atoms. The molecule has 8 heteroatoms. The highest BCUT2D eigenvalue weighted by molar-refractivity contribution is 9.10. The van der Waals surface area contributed by atoms with E-state index in [1.165, 1.54) is 0 Å². The monoisotopic (exact) mass is 592 g/mol. The molecule has 176 valence electrons. The largest absolute Gasteiger partial charge is 0.323 e. The van der Waals surface area contributed by atoms with E-state index in [4.69, 9.17) is 0 Å². The van der Waals surface area contributed by atoms with Crippen molar-refractivity contribution in [3.63, 3.8) is 0 Å². The molecular weight excluding hydrogens is 572 g/mol. The molecule has 4 amide bonds. The van der Waals surface area contributed by atoms with Gasteiger partial charge in [-0.15, -0.1) is 0 Å². The van der Waals surface area contributed by atoms with E-state index in [1.54, 1.807) is 0 Å². The fraction of sp³-hybridized carbons (Fsp3) is 0.0370. The smallest absolute Gasteiger partial charge is 0.308 e. The van der Waals surface area contributed by atoms with E-state index in [2.05, 4.69) is 53.1 Å². The molecule has 35 heavy (non-hydrogen) atoms. The Kier molecular flexibility index (Phi) is 8.18. The van der Waals surface area contributed by atoms with Crippen LogP contribution in [0.3, 0.4) is 0 Å². The molecule has 0 aliphatic carbocycles. The number of amides is 4. The van der Waals surface area contributed by atoms with Gasteiger partial charge in [-0.3, -0.25) is 0 Å². The quantitative estimate of drug-likeness (QED) is 0.182. The van der Waals surface area contributed by atoms with E-state index >= 15 is 0 Å². The van der Waals surface area contributed by atoms with Gasteiger partial charge in [-0.2, -0.15) is 0 Å². The highest BCUT2D eigenvalue weighted by atomic mass is 79.9. The Bertz CT molecular complexity index is 1190. The van der Waals surface area contributed by atoms with Crippen molar-refractivity contribution in [1.29, 1.82) is 0 Å². The third-order valence-electron chi connectivity index (χ3n) is 5.04. The summed E-state index contributed by atoms with van der Waals surface area (Å²) in [5, 5.41) is 11.3. The third kappa shape index (κ3) is 7.70. The minimum Gasteiger partial charge on any atom is -0.308 e. The number of nitrogens with one attached hydrogen (secondary N) is 4. The van der Waals surface area contributed by atoms with E-state index in [1.807, 2.05) is 97.1 Å². The van der Waals surface area contributed by atoms with Gasteiger partial charge in [0, 0.05) is 31.7 Å². The van der Waals surface area contributed by atoms with Gasteiger partial charge in [0.15, 0.2) is 0 Å². The fourth-order valence-electron chi connectivity index (χ4n) is 3.30. The molecule has 4 aromatic carbocycles. The van der Waals surface area contributed by atoms with Gasteiger partial charge in [-0.05, 0) is 90.3 Å². The lowest BCUT2D eigenvalue weighted by molar-refractivity contribution is 0.261. The second-order valence-corrected chi connectivity index (χ2v) is 9.57. The molecule has 0 heterocycles. The van der Waals surface area contributed by atoms with E-state index in [0.717, 1.165) is 26.5 Å². The highest BCUT2D eigenvalue weighted by Crippen LogP contribution is 2.18. The topological polar surface area (TPSA) is 82.3 Å². The molecule has 0 aromatic heterocycles. The molecular formula is C27H22Br2N4O2. The van der Waals surface area contributed by atoms with Crippen LogP contribution in [-0.2, 0) is 6.42 Å². The average molecular weight is 594 g/mol. The molecule has 4 N–H and O–H groups in total. The van der Waals surface area contributed by atoms with Crippen LogP contribution in [0.2, 0.25) is 0 Å². The van der Waals surface area contributed by atoms with E-state index in [-0.39, 0.29) is 12.1 Å². The number of hydrogen-bond donors (Lipinski definition) is 4. The third-order valence-corrected chi connectivity index (χ3v) is 6.09. The average Bonchev–Trinajstić information content (AvgIpc) is 2.84. The first kappa shape index (κ1) is 24.5. The molecule has 0 radical (unpaired) electrons. The maximum absolute atomic E-state index is 12.2. The van der Waals surface area contributed by atoms with Gasteiger partial charge < -0.3 is 21.3 Å². The van der Waals surface area contributed by atoms with Crippen LogP contribution in [0.25, 0.3) is 0 Å². The highest BCUT2D eigenvalue weighted by Gasteiger charge is 2.05. The van der Waals surface area contributed by atoms with Crippen molar-refractivity contribution in [1.82, 2.24) is 0 Å². The Morgan fingerprint density at radius 1 is 0.457 bits per heavy atom. The maximum atomic E-state index is 12.2. The number of carbonyl (C=O) groups is 2. The number of hydrogen-bond acceptors (Lipinski definition) is 2.